The molecule has 19 heavy (non-hydrogen) atoms. The third kappa shape index (κ3) is 9.22. The lowest BCUT2D eigenvalue weighted by Crippen LogP contribution is -2.30. The van der Waals surface area contributed by atoms with Crippen molar-refractivity contribution >= 4 is 21.8 Å². The van der Waals surface area contributed by atoms with Crippen LogP contribution in [0.2, 0.25) is 0 Å². The van der Waals surface area contributed by atoms with E-state index >= 15 is 0 Å². The number of benzene rings is 1. The first-order valence-electron chi connectivity index (χ1n) is 5.30. The zero-order valence-corrected chi connectivity index (χ0v) is 11.0. The van der Waals surface area contributed by atoms with E-state index < -0.39 is 10.4 Å². The second-order valence-electron chi connectivity index (χ2n) is 3.44. The summed E-state index contributed by atoms with van der Waals surface area (Å²) in [7, 11) is -4.67. The molecule has 0 saturated carbocycles. The highest BCUT2D eigenvalue weighted by Gasteiger charge is 2.07. The van der Waals surface area contributed by atoms with Gasteiger partial charge < -0.3 is 20.8 Å². The minimum atomic E-state index is -4.67. The molecule has 0 fully saturated rings. The van der Waals surface area contributed by atoms with Gasteiger partial charge >= 0.3 is 10.4 Å². The van der Waals surface area contributed by atoms with Crippen LogP contribution in [0.1, 0.15) is 0 Å². The number of aliphatic hydroxyl groups excluding tert-OH is 2. The summed E-state index contributed by atoms with van der Waals surface area (Å²) in [6, 6.07) is 7.42. The Hall–Kier alpha value is -1.39. The van der Waals surface area contributed by atoms with Crippen molar-refractivity contribution in [3.8, 4) is 0 Å². The van der Waals surface area contributed by atoms with E-state index in [0.29, 0.717) is 18.8 Å². The van der Waals surface area contributed by atoms with Crippen LogP contribution in [0.3, 0.4) is 0 Å². The third-order valence-electron chi connectivity index (χ3n) is 2.02. The lowest BCUT2D eigenvalue weighted by Gasteiger charge is -2.24. The highest BCUT2D eigenvalue weighted by molar-refractivity contribution is 7.79. The van der Waals surface area contributed by atoms with Crippen LogP contribution in [0, 0.1) is 0 Å². The molecule has 0 heterocycles. The normalized spacial score (nSPS) is 10.5. The van der Waals surface area contributed by atoms with Crippen LogP contribution in [-0.4, -0.2) is 54.0 Å². The first-order valence-corrected chi connectivity index (χ1v) is 6.70. The van der Waals surface area contributed by atoms with Crippen LogP contribution < -0.4 is 10.6 Å². The van der Waals surface area contributed by atoms with Gasteiger partial charge in [0.2, 0.25) is 0 Å². The van der Waals surface area contributed by atoms with Gasteiger partial charge in [-0.25, -0.2) is 0 Å². The summed E-state index contributed by atoms with van der Waals surface area (Å²) in [4.78, 5) is 1.86. The average molecular weight is 294 g/mol. The summed E-state index contributed by atoms with van der Waals surface area (Å²) in [5, 5.41) is 17.7. The summed E-state index contributed by atoms with van der Waals surface area (Å²) in [5.74, 6) is 0. The number of nitrogens with zero attached hydrogens (tertiary/aromatic N) is 1. The Balaban J connectivity index is 0.000000555. The van der Waals surface area contributed by atoms with Crippen LogP contribution >= 0.6 is 0 Å². The highest BCUT2D eigenvalue weighted by atomic mass is 32.3. The Morgan fingerprint density at radius 2 is 1.47 bits per heavy atom. The van der Waals surface area contributed by atoms with E-state index in [1.807, 2.05) is 23.1 Å². The molecule has 0 aromatic heterocycles. The Morgan fingerprint density at radius 1 is 1.05 bits per heavy atom. The third-order valence-corrected chi connectivity index (χ3v) is 2.02. The van der Waals surface area contributed by atoms with Crippen molar-refractivity contribution in [2.24, 2.45) is 0 Å². The number of hydrogen-bond acceptors (Lipinski definition) is 6. The van der Waals surface area contributed by atoms with Crippen LogP contribution in [0.15, 0.2) is 24.3 Å². The van der Waals surface area contributed by atoms with Gasteiger partial charge in [0.25, 0.3) is 0 Å². The van der Waals surface area contributed by atoms with Crippen LogP contribution in [0.25, 0.3) is 0 Å². The van der Waals surface area contributed by atoms with E-state index in [1.54, 1.807) is 6.07 Å². The van der Waals surface area contributed by atoms with Crippen molar-refractivity contribution in [3.63, 3.8) is 0 Å². The number of anilines is 2. The zero-order valence-electron chi connectivity index (χ0n) is 10.2. The average Bonchev–Trinajstić information content (AvgIpc) is 2.27. The summed E-state index contributed by atoms with van der Waals surface area (Å²) >= 11 is 0. The molecule has 0 aliphatic rings. The fraction of sp³-hybridized carbons (Fsp3) is 0.400. The number of aliphatic hydroxyl groups is 2. The second-order valence-corrected chi connectivity index (χ2v) is 4.34. The van der Waals surface area contributed by atoms with Gasteiger partial charge in [0.1, 0.15) is 0 Å². The van der Waals surface area contributed by atoms with Gasteiger partial charge in [-0.2, -0.15) is 8.42 Å². The molecule has 0 atom stereocenters. The number of nitrogens with two attached hydrogens (primary N) is 1. The monoisotopic (exact) mass is 294 g/mol. The second kappa shape index (κ2) is 8.67. The molecular formula is C10H18N2O6S. The molecule has 1 aromatic carbocycles. The van der Waals surface area contributed by atoms with E-state index in [0.717, 1.165) is 5.69 Å². The van der Waals surface area contributed by atoms with Gasteiger partial charge in [-0.3, -0.25) is 9.11 Å². The van der Waals surface area contributed by atoms with Gasteiger partial charge in [-0.15, -0.1) is 0 Å². The van der Waals surface area contributed by atoms with Gasteiger partial charge in [-0.05, 0) is 12.1 Å². The molecule has 0 bridgehead atoms. The van der Waals surface area contributed by atoms with E-state index in [9.17, 15) is 0 Å². The fourth-order valence-electron chi connectivity index (χ4n) is 1.37. The highest BCUT2D eigenvalue weighted by Crippen LogP contribution is 2.21. The Bertz CT molecular complexity index is 451. The number of hydrogen-bond donors (Lipinski definition) is 5. The first-order chi connectivity index (χ1) is 8.79. The molecule has 0 radical (unpaired) electrons. The molecule has 0 aliphatic carbocycles. The van der Waals surface area contributed by atoms with E-state index in [1.165, 1.54) is 0 Å². The van der Waals surface area contributed by atoms with Crippen molar-refractivity contribution in [2.45, 2.75) is 0 Å². The Kier molecular flexibility index (Phi) is 8.03. The molecule has 8 nitrogen and oxygen atoms in total. The molecule has 110 valence electrons. The van der Waals surface area contributed by atoms with Gasteiger partial charge in [-0.1, -0.05) is 12.1 Å². The van der Waals surface area contributed by atoms with Gasteiger partial charge in [0.15, 0.2) is 0 Å². The van der Waals surface area contributed by atoms with Gasteiger partial charge in [0.05, 0.1) is 24.6 Å². The van der Waals surface area contributed by atoms with E-state index in [4.69, 9.17) is 33.5 Å². The Morgan fingerprint density at radius 3 is 1.84 bits per heavy atom. The molecule has 0 amide bonds. The topological polar surface area (TPSA) is 144 Å². The predicted molar refractivity (Wildman–Crippen MR) is 71.4 cm³/mol. The molecule has 0 spiro atoms. The minimum Gasteiger partial charge on any atom is -0.397 e. The lowest BCUT2D eigenvalue weighted by atomic mass is 10.2. The Labute approximate surface area is 111 Å². The van der Waals surface area contributed by atoms with Crippen molar-refractivity contribution in [3.05, 3.63) is 24.3 Å². The lowest BCUT2D eigenvalue weighted by molar-refractivity contribution is 0.281. The van der Waals surface area contributed by atoms with Gasteiger partial charge in [0, 0.05) is 13.1 Å². The SMILES string of the molecule is Nc1ccccc1N(CCO)CCO.O=S(=O)(O)O. The predicted octanol–water partition coefficient (Wildman–Crippen LogP) is -0.593. The number of nitrogen functional groups attached to an aromatic ring is 1. The quantitative estimate of drug-likeness (QED) is 0.358. The molecule has 1 aromatic rings. The molecular weight excluding hydrogens is 276 g/mol. The largest absolute Gasteiger partial charge is 0.397 e. The molecule has 1 rings (SSSR count). The van der Waals surface area contributed by atoms with Crippen LogP contribution in [0.5, 0.6) is 0 Å². The number of rotatable bonds is 5. The van der Waals surface area contributed by atoms with Crippen LogP contribution in [0.4, 0.5) is 11.4 Å². The maximum absolute atomic E-state index is 8.85. The van der Waals surface area contributed by atoms with Crippen molar-refractivity contribution in [1.29, 1.82) is 0 Å². The zero-order chi connectivity index (χ0) is 14.9. The van der Waals surface area contributed by atoms with Crippen molar-refractivity contribution in [1.82, 2.24) is 0 Å². The molecule has 0 aliphatic heterocycles. The van der Waals surface area contributed by atoms with E-state index in [-0.39, 0.29) is 13.2 Å². The smallest absolute Gasteiger partial charge is 0.394 e. The number of para-hydroxylation sites is 2. The molecule has 0 saturated heterocycles. The molecule has 0 unspecified atom stereocenters. The van der Waals surface area contributed by atoms with Crippen LogP contribution in [-0.2, 0) is 10.4 Å². The summed E-state index contributed by atoms with van der Waals surface area (Å²) in [6.45, 7) is 1.06. The minimum absolute atomic E-state index is 0.0499. The molecule has 9 heteroatoms. The standard InChI is InChI=1S/C10H16N2O2.H2O4S/c11-9-3-1-2-4-10(9)12(5-7-13)6-8-14;1-5(2,3)4/h1-4,13-14H,5-8,11H2;(H2,1,2,3,4). The summed E-state index contributed by atoms with van der Waals surface area (Å²) in [6.07, 6.45) is 0. The summed E-state index contributed by atoms with van der Waals surface area (Å²) < 4.78 is 31.6. The maximum Gasteiger partial charge on any atom is 0.394 e. The first kappa shape index (κ1) is 17.6. The summed E-state index contributed by atoms with van der Waals surface area (Å²) in [5.41, 5.74) is 7.30. The maximum atomic E-state index is 8.85. The van der Waals surface area contributed by atoms with E-state index in [2.05, 4.69) is 0 Å². The van der Waals surface area contributed by atoms with Crippen molar-refractivity contribution in [2.75, 3.05) is 36.9 Å². The fourth-order valence-corrected chi connectivity index (χ4v) is 1.37. The molecule has 6 N–H and O–H groups in total. The van der Waals surface area contributed by atoms with Crippen molar-refractivity contribution < 1.29 is 27.7 Å².